The Balaban J connectivity index is 0.000000228. The molecular formula is C40H47BrN10O6. The van der Waals surface area contributed by atoms with Crippen molar-refractivity contribution in [1.82, 2.24) is 51.5 Å². The molecule has 57 heavy (non-hydrogen) atoms. The van der Waals surface area contributed by atoms with E-state index in [0.29, 0.717) is 50.7 Å². The Morgan fingerprint density at radius 2 is 1.16 bits per heavy atom. The van der Waals surface area contributed by atoms with Gasteiger partial charge in [0.05, 0.1) is 19.8 Å². The maximum Gasteiger partial charge on any atom is 0.407 e. The number of hydrogen-bond acceptors (Lipinski definition) is 12. The number of rotatable bonds is 17. The van der Waals surface area contributed by atoms with Gasteiger partial charge >= 0.3 is 12.2 Å². The minimum atomic E-state index is -0.419. The van der Waals surface area contributed by atoms with Gasteiger partial charge in [0.15, 0.2) is 0 Å². The number of nitrogens with one attached hydrogen (secondary N) is 3. The van der Waals surface area contributed by atoms with E-state index in [0.717, 1.165) is 45.3 Å². The van der Waals surface area contributed by atoms with E-state index in [-0.39, 0.29) is 13.2 Å². The molecule has 0 atom stereocenters. The highest BCUT2D eigenvalue weighted by atomic mass is 79.9. The lowest BCUT2D eigenvalue weighted by atomic mass is 10.1. The summed E-state index contributed by atoms with van der Waals surface area (Å²) in [5.41, 5.74) is 5.90. The molecule has 2 heterocycles. The highest BCUT2D eigenvalue weighted by Gasteiger charge is 2.08. The molecule has 3 N–H and O–H groups in total. The lowest BCUT2D eigenvalue weighted by Crippen LogP contribution is -2.26. The van der Waals surface area contributed by atoms with Gasteiger partial charge in [-0.3, -0.25) is 0 Å². The lowest BCUT2D eigenvalue weighted by molar-refractivity contribution is 0.139. The number of halogens is 1. The second-order valence-electron chi connectivity index (χ2n) is 12.0. The Morgan fingerprint density at radius 1 is 0.649 bits per heavy atom. The topological polar surface area (TPSA) is 193 Å². The zero-order chi connectivity index (χ0) is 40.3. The predicted octanol–water partition coefficient (Wildman–Crippen LogP) is 5.82. The monoisotopic (exact) mass is 842 g/mol. The van der Waals surface area contributed by atoms with Gasteiger partial charge in [0.1, 0.15) is 13.2 Å². The molecule has 6 rings (SSSR count). The molecule has 0 fully saturated rings. The molecule has 0 spiro atoms. The second kappa shape index (κ2) is 25.9. The number of carbonyl (C=O) groups is 2. The first-order chi connectivity index (χ1) is 28.0. The van der Waals surface area contributed by atoms with Gasteiger partial charge in [-0.25, -0.2) is 9.59 Å². The van der Waals surface area contributed by atoms with Gasteiger partial charge in [0.25, 0.3) is 0 Å². The van der Waals surface area contributed by atoms with Crippen molar-refractivity contribution in [1.29, 1.82) is 0 Å². The predicted molar refractivity (Wildman–Crippen MR) is 217 cm³/mol. The van der Waals surface area contributed by atoms with E-state index in [1.54, 1.807) is 14.2 Å². The number of tetrazole rings is 2. The maximum absolute atomic E-state index is 11.8. The Kier molecular flexibility index (Phi) is 19.9. The van der Waals surface area contributed by atoms with Crippen LogP contribution in [0.4, 0.5) is 9.59 Å². The Bertz CT molecular complexity index is 1970. The standard InChI is InChI=1S/C20H23N5O3.C17H17N5O2.C3H7BrO/c1-27-14-13-25-23-19(22-24-25)18-9-7-16(8-10-18)11-12-21-20(26)28-15-17-5-3-2-4-6-17;23-17(24-12-14-4-2-1-3-5-14)18-11-10-13-6-8-15(9-7-13)16-19-21-22-20-16;1-5-3-2-4/h2-10H,11-15H2,1H3,(H,21,26);1-9H,10-12H2,(H,18,23)(H,19,20,21,22);2-3H2,1H3. The Morgan fingerprint density at radius 3 is 1.60 bits per heavy atom. The van der Waals surface area contributed by atoms with E-state index in [2.05, 4.69) is 67.3 Å². The van der Waals surface area contributed by atoms with Crippen LogP contribution in [-0.2, 0) is 51.5 Å². The molecule has 2 aromatic heterocycles. The minimum Gasteiger partial charge on any atom is -0.445 e. The second-order valence-corrected chi connectivity index (χ2v) is 12.8. The molecule has 16 nitrogen and oxygen atoms in total. The normalized spacial score (nSPS) is 10.3. The number of H-pyrrole nitrogens is 1. The molecule has 4 aromatic carbocycles. The largest absolute Gasteiger partial charge is 0.445 e. The van der Waals surface area contributed by atoms with Crippen molar-refractivity contribution in [3.05, 3.63) is 131 Å². The number of methoxy groups -OCH3 is 2. The summed E-state index contributed by atoms with van der Waals surface area (Å²) in [5, 5.41) is 32.6. The number of nitrogens with zero attached hydrogens (tertiary/aromatic N) is 7. The molecule has 0 saturated heterocycles. The third kappa shape index (κ3) is 17.1. The fraction of sp³-hybridized carbons (Fsp3) is 0.300. The molecule has 6 aromatic rings. The van der Waals surface area contributed by atoms with E-state index in [9.17, 15) is 9.59 Å². The summed E-state index contributed by atoms with van der Waals surface area (Å²) in [6, 6.07) is 34.8. The van der Waals surface area contributed by atoms with Crippen molar-refractivity contribution in [3.8, 4) is 22.8 Å². The molecule has 0 aliphatic carbocycles. The number of alkyl carbamates (subject to hydrolysis) is 2. The van der Waals surface area contributed by atoms with Gasteiger partial charge in [0.2, 0.25) is 11.6 Å². The van der Waals surface area contributed by atoms with Crippen LogP contribution in [0.3, 0.4) is 0 Å². The number of benzene rings is 4. The maximum atomic E-state index is 11.8. The molecule has 0 aliphatic heterocycles. The fourth-order valence-corrected chi connectivity index (χ4v) is 5.12. The average Bonchev–Trinajstić information content (AvgIpc) is 3.97. The fourth-order valence-electron chi connectivity index (χ4n) is 4.79. The molecular weight excluding hydrogens is 796 g/mol. The summed E-state index contributed by atoms with van der Waals surface area (Å²) < 4.78 is 20.0. The molecule has 2 amide bonds. The highest BCUT2D eigenvalue weighted by Crippen LogP contribution is 2.15. The van der Waals surface area contributed by atoms with Crippen molar-refractivity contribution in [2.24, 2.45) is 0 Å². The van der Waals surface area contributed by atoms with Crippen molar-refractivity contribution < 1.29 is 28.5 Å². The molecule has 0 radical (unpaired) electrons. The summed E-state index contributed by atoms with van der Waals surface area (Å²) in [7, 11) is 3.32. The number of aromatic nitrogens is 8. The van der Waals surface area contributed by atoms with Crippen LogP contribution in [0.1, 0.15) is 22.3 Å². The van der Waals surface area contributed by atoms with E-state index in [4.69, 9.17) is 14.2 Å². The summed E-state index contributed by atoms with van der Waals surface area (Å²) in [6.07, 6.45) is 0.585. The summed E-state index contributed by atoms with van der Waals surface area (Å²) >= 11 is 3.18. The summed E-state index contributed by atoms with van der Waals surface area (Å²) in [5.74, 6) is 1.13. The molecule has 0 bridgehead atoms. The van der Waals surface area contributed by atoms with E-state index >= 15 is 0 Å². The first-order valence-corrected chi connectivity index (χ1v) is 19.2. The SMILES string of the molecule is COCCBr.COCCn1nnc(-c2ccc(CCNC(=O)OCc3ccccc3)cc2)n1.O=C(NCCc1ccc(-c2nn[nH]n2)cc1)OCc1ccccc1. The van der Waals surface area contributed by atoms with Crippen LogP contribution in [0.5, 0.6) is 0 Å². The van der Waals surface area contributed by atoms with E-state index in [1.165, 1.54) is 4.80 Å². The molecule has 0 aliphatic rings. The Hall–Kier alpha value is -6.04. The average molecular weight is 844 g/mol. The van der Waals surface area contributed by atoms with Crippen LogP contribution < -0.4 is 10.6 Å². The van der Waals surface area contributed by atoms with Crippen LogP contribution in [0, 0.1) is 0 Å². The lowest BCUT2D eigenvalue weighted by Gasteiger charge is -2.07. The highest BCUT2D eigenvalue weighted by molar-refractivity contribution is 9.09. The van der Waals surface area contributed by atoms with Gasteiger partial charge in [-0.05, 0) is 45.5 Å². The van der Waals surface area contributed by atoms with Crippen molar-refractivity contribution >= 4 is 28.1 Å². The molecule has 0 saturated carbocycles. The molecule has 0 unspecified atom stereocenters. The van der Waals surface area contributed by atoms with Gasteiger partial charge < -0.3 is 29.6 Å². The number of alkyl halides is 1. The quantitative estimate of drug-likeness (QED) is 0.0934. The third-order valence-electron chi connectivity index (χ3n) is 7.79. The smallest absolute Gasteiger partial charge is 0.407 e. The number of carbonyl (C=O) groups excluding carboxylic acids is 2. The van der Waals surface area contributed by atoms with Crippen LogP contribution >= 0.6 is 15.9 Å². The first-order valence-electron chi connectivity index (χ1n) is 18.1. The summed E-state index contributed by atoms with van der Waals surface area (Å²) in [6.45, 7) is 3.45. The van der Waals surface area contributed by atoms with Crippen molar-refractivity contribution in [3.63, 3.8) is 0 Å². The minimum absolute atomic E-state index is 0.263. The van der Waals surface area contributed by atoms with Gasteiger partial charge in [-0.2, -0.15) is 10.0 Å². The third-order valence-corrected chi connectivity index (χ3v) is 8.11. The Labute approximate surface area is 339 Å². The zero-order valence-electron chi connectivity index (χ0n) is 31.9. The van der Waals surface area contributed by atoms with E-state index in [1.807, 2.05) is 109 Å². The van der Waals surface area contributed by atoms with Crippen molar-refractivity contribution in [2.75, 3.05) is 45.9 Å². The van der Waals surface area contributed by atoms with Crippen LogP contribution in [0.25, 0.3) is 22.8 Å². The number of amides is 2. The van der Waals surface area contributed by atoms with Crippen LogP contribution in [0.2, 0.25) is 0 Å². The first kappa shape index (κ1) is 43.7. The van der Waals surface area contributed by atoms with Gasteiger partial charge in [-0.1, -0.05) is 125 Å². The summed E-state index contributed by atoms with van der Waals surface area (Å²) in [4.78, 5) is 24.9. The van der Waals surface area contributed by atoms with Crippen molar-refractivity contribution in [2.45, 2.75) is 32.6 Å². The molecule has 17 heteroatoms. The van der Waals surface area contributed by atoms with Gasteiger partial charge in [0, 0.05) is 43.8 Å². The molecule has 300 valence electrons. The van der Waals surface area contributed by atoms with Crippen LogP contribution in [0.15, 0.2) is 109 Å². The van der Waals surface area contributed by atoms with E-state index < -0.39 is 12.2 Å². The van der Waals surface area contributed by atoms with Crippen LogP contribution in [-0.4, -0.2) is 98.9 Å². The van der Waals surface area contributed by atoms with Gasteiger partial charge in [-0.15, -0.1) is 20.4 Å². The number of hydrogen-bond donors (Lipinski definition) is 3. The zero-order valence-corrected chi connectivity index (χ0v) is 33.5. The number of ether oxygens (including phenoxy) is 4. The number of aromatic amines is 1.